The third-order valence-electron chi connectivity index (χ3n) is 6.21. The number of aliphatic hydroxyl groups excluding tert-OH is 1. The zero-order valence-electron chi connectivity index (χ0n) is 18.6. The fourth-order valence-corrected chi connectivity index (χ4v) is 4.12. The van der Waals surface area contributed by atoms with Crippen molar-refractivity contribution in [1.29, 1.82) is 0 Å². The van der Waals surface area contributed by atoms with Gasteiger partial charge >= 0.3 is 0 Å². The lowest BCUT2D eigenvalue weighted by Gasteiger charge is -2.40. The van der Waals surface area contributed by atoms with Gasteiger partial charge < -0.3 is 17.5 Å². The summed E-state index contributed by atoms with van der Waals surface area (Å²) in [6.07, 6.45) is 20.5. The van der Waals surface area contributed by atoms with Crippen molar-refractivity contribution in [3.8, 4) is 0 Å². The molecule has 0 aliphatic carbocycles. The summed E-state index contributed by atoms with van der Waals surface area (Å²) in [6.45, 7) is 12.1. The van der Waals surface area contributed by atoms with Crippen LogP contribution < -0.4 is 12.4 Å². The fraction of sp³-hybridized carbons (Fsp3) is 1.00. The Kier molecular flexibility index (Phi) is 21.8. The molecule has 0 aromatic heterocycles. The van der Waals surface area contributed by atoms with Gasteiger partial charge in [-0.1, -0.05) is 90.9 Å². The van der Waals surface area contributed by atoms with Crippen LogP contribution >= 0.6 is 0 Å². The largest absolute Gasteiger partial charge is 1.00 e. The molecule has 0 saturated heterocycles. The second-order valence-electron chi connectivity index (χ2n) is 8.06. The topological polar surface area (TPSA) is 20.2 Å². The average molecular weight is 392 g/mol. The third kappa shape index (κ3) is 13.4. The summed E-state index contributed by atoms with van der Waals surface area (Å²) in [5, 5.41) is 10.3. The Morgan fingerprint density at radius 1 is 0.577 bits per heavy atom. The fourth-order valence-electron chi connectivity index (χ4n) is 4.12. The van der Waals surface area contributed by atoms with Gasteiger partial charge in [0, 0.05) is 6.42 Å². The molecule has 1 N–H and O–H groups in total. The molecule has 2 nitrogen and oxygen atoms in total. The number of aliphatic hydroxyl groups is 1. The highest BCUT2D eigenvalue weighted by Crippen LogP contribution is 2.18. The van der Waals surface area contributed by atoms with Crippen LogP contribution in [0.4, 0.5) is 0 Å². The van der Waals surface area contributed by atoms with E-state index in [1.165, 1.54) is 89.9 Å². The van der Waals surface area contributed by atoms with Crippen LogP contribution in [0.5, 0.6) is 0 Å². The summed E-state index contributed by atoms with van der Waals surface area (Å²) in [6, 6.07) is 0. The zero-order chi connectivity index (χ0) is 18.8. The predicted molar refractivity (Wildman–Crippen MR) is 113 cm³/mol. The zero-order valence-corrected chi connectivity index (χ0v) is 19.3. The van der Waals surface area contributed by atoms with Gasteiger partial charge in [0.2, 0.25) is 0 Å². The Hall–Kier alpha value is 0.210. The number of hydrogen-bond acceptors (Lipinski definition) is 1. The maximum Gasteiger partial charge on any atom is 0.190 e. The number of nitrogens with zero attached hydrogens (tertiary/aromatic N) is 1. The first-order valence-corrected chi connectivity index (χ1v) is 11.7. The number of rotatable bonds is 19. The van der Waals surface area contributed by atoms with E-state index in [1.54, 1.807) is 0 Å². The normalized spacial score (nSPS) is 12.8. The molecule has 0 saturated carbocycles. The summed E-state index contributed by atoms with van der Waals surface area (Å²) in [4.78, 5) is 0. The summed E-state index contributed by atoms with van der Waals surface area (Å²) >= 11 is 0. The van der Waals surface area contributed by atoms with Crippen LogP contribution in [0.1, 0.15) is 124 Å². The van der Waals surface area contributed by atoms with Crippen LogP contribution in [-0.2, 0) is 0 Å². The van der Waals surface area contributed by atoms with Crippen molar-refractivity contribution in [2.45, 2.75) is 130 Å². The lowest BCUT2D eigenvalue weighted by molar-refractivity contribution is -0.968. The molecular weight excluding hydrogens is 342 g/mol. The van der Waals surface area contributed by atoms with Gasteiger partial charge in [-0.15, -0.1) is 0 Å². The molecule has 0 spiro atoms. The van der Waals surface area contributed by atoms with Crippen LogP contribution in [0, 0.1) is 0 Å². The summed E-state index contributed by atoms with van der Waals surface area (Å²) in [5.74, 6) is 0. The first kappa shape index (κ1) is 28.4. The van der Waals surface area contributed by atoms with Gasteiger partial charge in [-0.2, -0.15) is 0 Å². The monoisotopic (exact) mass is 391 g/mol. The highest BCUT2D eigenvalue weighted by atomic mass is 35.5. The van der Waals surface area contributed by atoms with E-state index in [4.69, 9.17) is 0 Å². The van der Waals surface area contributed by atoms with Crippen LogP contribution in [-0.4, -0.2) is 35.5 Å². The maximum atomic E-state index is 10.3. The molecule has 3 heteroatoms. The summed E-state index contributed by atoms with van der Waals surface area (Å²) in [7, 11) is 0. The van der Waals surface area contributed by atoms with Crippen molar-refractivity contribution < 1.29 is 22.0 Å². The third-order valence-corrected chi connectivity index (χ3v) is 6.21. The number of halogens is 1. The minimum absolute atomic E-state index is 0. The number of hydrogen-bond donors (Lipinski definition) is 1. The molecule has 0 amide bonds. The van der Waals surface area contributed by atoms with E-state index in [0.717, 1.165) is 30.5 Å². The summed E-state index contributed by atoms with van der Waals surface area (Å²) < 4.78 is 0.898. The van der Waals surface area contributed by atoms with E-state index in [2.05, 4.69) is 27.7 Å². The minimum atomic E-state index is -0.169. The van der Waals surface area contributed by atoms with E-state index in [1.807, 2.05) is 0 Å². The van der Waals surface area contributed by atoms with Gasteiger partial charge in [-0.3, -0.25) is 4.48 Å². The Morgan fingerprint density at radius 3 is 1.23 bits per heavy atom. The standard InChI is InChI=1S/C23H50NO.ClH/c1-5-9-10-11-12-13-14-15-16-17-18-19-20-21-22-24(7-3,8-4)23(25)6-2;/h23,25H,5-22H2,1-4H3;1H/q+1;/p-1. The first-order chi connectivity index (χ1) is 12.2. The van der Waals surface area contributed by atoms with Crippen molar-refractivity contribution in [2.24, 2.45) is 0 Å². The second kappa shape index (κ2) is 20.0. The number of unbranched alkanes of at least 4 members (excludes halogenated alkanes) is 13. The summed E-state index contributed by atoms with van der Waals surface area (Å²) in [5.41, 5.74) is 0. The van der Waals surface area contributed by atoms with Gasteiger partial charge in [0.1, 0.15) is 0 Å². The number of quaternary nitrogens is 1. The van der Waals surface area contributed by atoms with E-state index in [9.17, 15) is 5.11 Å². The lowest BCUT2D eigenvalue weighted by atomic mass is 10.0. The molecule has 0 aliphatic heterocycles. The van der Waals surface area contributed by atoms with E-state index in [-0.39, 0.29) is 18.6 Å². The van der Waals surface area contributed by atoms with Gasteiger partial charge in [-0.05, 0) is 26.7 Å². The molecule has 0 heterocycles. The van der Waals surface area contributed by atoms with Gasteiger partial charge in [0.05, 0.1) is 19.6 Å². The molecule has 0 bridgehead atoms. The van der Waals surface area contributed by atoms with Crippen LogP contribution in [0.3, 0.4) is 0 Å². The SMILES string of the molecule is CCCCCCCCCCCCCCCC[N+](CC)(CC)C(O)CC.[Cl-]. The van der Waals surface area contributed by atoms with Crippen LogP contribution in [0.2, 0.25) is 0 Å². The Balaban J connectivity index is 0. The molecular formula is C23H50ClNO. The molecule has 0 aromatic carbocycles. The van der Waals surface area contributed by atoms with Crippen molar-refractivity contribution in [1.82, 2.24) is 0 Å². The first-order valence-electron chi connectivity index (χ1n) is 11.7. The van der Waals surface area contributed by atoms with Crippen LogP contribution in [0.25, 0.3) is 0 Å². The van der Waals surface area contributed by atoms with E-state index in [0.29, 0.717) is 0 Å². The molecule has 26 heavy (non-hydrogen) atoms. The van der Waals surface area contributed by atoms with E-state index < -0.39 is 0 Å². The van der Waals surface area contributed by atoms with Crippen LogP contribution in [0.15, 0.2) is 0 Å². The minimum Gasteiger partial charge on any atom is -1.00 e. The Labute approximate surface area is 172 Å². The smallest absolute Gasteiger partial charge is 0.190 e. The quantitative estimate of drug-likeness (QED) is 0.200. The van der Waals surface area contributed by atoms with Gasteiger partial charge in [-0.25, -0.2) is 0 Å². The highest BCUT2D eigenvalue weighted by Gasteiger charge is 2.30. The van der Waals surface area contributed by atoms with Crippen molar-refractivity contribution >= 4 is 0 Å². The molecule has 0 aromatic rings. The molecule has 0 rings (SSSR count). The molecule has 0 fully saturated rings. The van der Waals surface area contributed by atoms with Crippen molar-refractivity contribution in [3.05, 3.63) is 0 Å². The van der Waals surface area contributed by atoms with Gasteiger partial charge in [0.25, 0.3) is 0 Å². The molecule has 1 atom stereocenters. The highest BCUT2D eigenvalue weighted by molar-refractivity contribution is 4.51. The average Bonchev–Trinajstić information content (AvgIpc) is 2.65. The molecule has 0 radical (unpaired) electrons. The van der Waals surface area contributed by atoms with Gasteiger partial charge in [0.15, 0.2) is 6.23 Å². The predicted octanol–water partition coefficient (Wildman–Crippen LogP) is 4.06. The second-order valence-corrected chi connectivity index (χ2v) is 8.06. The molecule has 0 aliphatic rings. The lowest BCUT2D eigenvalue weighted by Crippen LogP contribution is -3.00. The van der Waals surface area contributed by atoms with E-state index >= 15 is 0 Å². The van der Waals surface area contributed by atoms with Crippen molar-refractivity contribution in [3.63, 3.8) is 0 Å². The Bertz CT molecular complexity index is 269. The van der Waals surface area contributed by atoms with Crippen molar-refractivity contribution in [2.75, 3.05) is 19.6 Å². The maximum absolute atomic E-state index is 10.3. The Morgan fingerprint density at radius 2 is 0.923 bits per heavy atom. The molecule has 1 unspecified atom stereocenters. The molecule has 160 valence electrons.